The number of benzene rings is 3. The van der Waals surface area contributed by atoms with Crippen molar-refractivity contribution in [1.29, 1.82) is 0 Å². The summed E-state index contributed by atoms with van der Waals surface area (Å²) in [5, 5.41) is 5.30. The number of hydrogen-bond donors (Lipinski definition) is 2. The molecule has 25 heavy (non-hydrogen) atoms. The van der Waals surface area contributed by atoms with E-state index in [0.717, 1.165) is 23.3 Å². The van der Waals surface area contributed by atoms with Gasteiger partial charge in [-0.25, -0.2) is 13.6 Å². The van der Waals surface area contributed by atoms with E-state index in [4.69, 9.17) is 0 Å². The number of halogens is 2. The molecule has 126 valence electrons. The van der Waals surface area contributed by atoms with E-state index in [9.17, 15) is 13.6 Å². The minimum absolute atomic E-state index is 0.102. The van der Waals surface area contributed by atoms with Gasteiger partial charge in [0.1, 0.15) is 0 Å². The second kappa shape index (κ2) is 7.57. The van der Waals surface area contributed by atoms with E-state index in [-0.39, 0.29) is 6.54 Å². The smallest absolute Gasteiger partial charge is 0.319 e. The monoisotopic (exact) mass is 338 g/mol. The summed E-state index contributed by atoms with van der Waals surface area (Å²) in [6.07, 6.45) is 0. The van der Waals surface area contributed by atoms with Gasteiger partial charge < -0.3 is 10.6 Å². The minimum Gasteiger partial charge on any atom is -0.334 e. The lowest BCUT2D eigenvalue weighted by molar-refractivity contribution is 0.251. The second-order valence-electron chi connectivity index (χ2n) is 5.50. The first-order valence-electron chi connectivity index (χ1n) is 7.76. The molecule has 0 heterocycles. The van der Waals surface area contributed by atoms with E-state index in [1.807, 2.05) is 42.5 Å². The first-order chi connectivity index (χ1) is 12.1. The molecule has 5 heteroatoms. The molecule has 0 unspecified atom stereocenters. The minimum atomic E-state index is -0.934. The Morgan fingerprint density at radius 2 is 1.48 bits per heavy atom. The molecule has 0 saturated carbocycles. The van der Waals surface area contributed by atoms with Crippen molar-refractivity contribution in [2.45, 2.75) is 6.54 Å². The van der Waals surface area contributed by atoms with Crippen LogP contribution in [0, 0.1) is 11.6 Å². The predicted octanol–water partition coefficient (Wildman–Crippen LogP) is 4.95. The standard InChI is InChI=1S/C20H16F2N2O/c21-18-11-6-14(12-19(18)22)13-23-20(25)24-17-9-7-16(8-10-17)15-4-2-1-3-5-15/h1-12H,13H2,(H2,23,24,25). The number of rotatable bonds is 4. The molecule has 3 aromatic carbocycles. The van der Waals surface area contributed by atoms with Gasteiger partial charge in [-0.05, 0) is 41.0 Å². The van der Waals surface area contributed by atoms with Crippen LogP contribution in [0.2, 0.25) is 0 Å². The van der Waals surface area contributed by atoms with E-state index >= 15 is 0 Å². The lowest BCUT2D eigenvalue weighted by Gasteiger charge is -2.09. The van der Waals surface area contributed by atoms with Gasteiger partial charge in [0, 0.05) is 12.2 Å². The van der Waals surface area contributed by atoms with Gasteiger partial charge in [0.05, 0.1) is 0 Å². The fourth-order valence-corrected chi connectivity index (χ4v) is 2.38. The quantitative estimate of drug-likeness (QED) is 0.694. The number of amides is 2. The maximum Gasteiger partial charge on any atom is 0.319 e. The third kappa shape index (κ3) is 4.41. The molecular weight excluding hydrogens is 322 g/mol. The van der Waals surface area contributed by atoms with Crippen molar-refractivity contribution in [2.75, 3.05) is 5.32 Å². The maximum absolute atomic E-state index is 13.1. The molecule has 0 radical (unpaired) electrons. The van der Waals surface area contributed by atoms with Crippen LogP contribution < -0.4 is 10.6 Å². The van der Waals surface area contributed by atoms with Gasteiger partial charge in [0.15, 0.2) is 11.6 Å². The van der Waals surface area contributed by atoms with Crippen molar-refractivity contribution < 1.29 is 13.6 Å². The summed E-state index contributed by atoms with van der Waals surface area (Å²) in [5.41, 5.74) is 3.26. The van der Waals surface area contributed by atoms with Gasteiger partial charge >= 0.3 is 6.03 Å². The highest BCUT2D eigenvalue weighted by molar-refractivity contribution is 5.89. The van der Waals surface area contributed by atoms with Crippen LogP contribution in [0.1, 0.15) is 5.56 Å². The summed E-state index contributed by atoms with van der Waals surface area (Å²) < 4.78 is 26.0. The van der Waals surface area contributed by atoms with Crippen LogP contribution in [0.15, 0.2) is 72.8 Å². The number of nitrogens with one attached hydrogen (secondary N) is 2. The SMILES string of the molecule is O=C(NCc1ccc(F)c(F)c1)Nc1ccc(-c2ccccc2)cc1. The summed E-state index contributed by atoms with van der Waals surface area (Å²) in [5.74, 6) is -1.84. The van der Waals surface area contributed by atoms with Crippen LogP contribution in [-0.2, 0) is 6.54 Å². The van der Waals surface area contributed by atoms with Gasteiger partial charge in [-0.2, -0.15) is 0 Å². The van der Waals surface area contributed by atoms with Crippen molar-refractivity contribution in [1.82, 2.24) is 5.32 Å². The normalized spacial score (nSPS) is 10.3. The summed E-state index contributed by atoms with van der Waals surface area (Å²) in [4.78, 5) is 11.9. The molecule has 0 aromatic heterocycles. The molecule has 3 nitrogen and oxygen atoms in total. The summed E-state index contributed by atoms with van der Waals surface area (Å²) in [6.45, 7) is 0.102. The van der Waals surface area contributed by atoms with Gasteiger partial charge in [-0.3, -0.25) is 0 Å². The van der Waals surface area contributed by atoms with Crippen molar-refractivity contribution >= 4 is 11.7 Å². The molecule has 0 spiro atoms. The Morgan fingerprint density at radius 3 is 2.16 bits per heavy atom. The number of urea groups is 1. The molecule has 0 atom stereocenters. The third-order valence-electron chi connectivity index (χ3n) is 3.69. The van der Waals surface area contributed by atoms with Crippen LogP contribution in [0.5, 0.6) is 0 Å². The highest BCUT2D eigenvalue weighted by Gasteiger charge is 2.05. The fraction of sp³-hybridized carbons (Fsp3) is 0.0500. The lowest BCUT2D eigenvalue weighted by Crippen LogP contribution is -2.28. The molecule has 0 aliphatic rings. The van der Waals surface area contributed by atoms with Gasteiger partial charge in [-0.1, -0.05) is 48.5 Å². The van der Waals surface area contributed by atoms with Crippen molar-refractivity contribution in [3.8, 4) is 11.1 Å². The zero-order valence-electron chi connectivity index (χ0n) is 13.3. The third-order valence-corrected chi connectivity index (χ3v) is 3.69. The van der Waals surface area contributed by atoms with E-state index in [1.165, 1.54) is 6.07 Å². The van der Waals surface area contributed by atoms with Crippen LogP contribution >= 0.6 is 0 Å². The van der Waals surface area contributed by atoms with Gasteiger partial charge in [0.2, 0.25) is 0 Å². The van der Waals surface area contributed by atoms with Gasteiger partial charge in [0.25, 0.3) is 0 Å². The Morgan fingerprint density at radius 1 is 0.800 bits per heavy atom. The number of carbonyl (C=O) groups is 1. The Kier molecular flexibility index (Phi) is 5.04. The van der Waals surface area contributed by atoms with Crippen molar-refractivity contribution in [3.05, 3.63) is 90.0 Å². The Labute approximate surface area is 144 Å². The van der Waals surface area contributed by atoms with Crippen molar-refractivity contribution in [2.24, 2.45) is 0 Å². The van der Waals surface area contributed by atoms with Crippen LogP contribution in [-0.4, -0.2) is 6.03 Å². The maximum atomic E-state index is 13.1. The summed E-state index contributed by atoms with van der Waals surface area (Å²) >= 11 is 0. The Balaban J connectivity index is 1.56. The zero-order valence-corrected chi connectivity index (χ0v) is 13.3. The molecular formula is C20H16F2N2O. The van der Waals surface area contributed by atoms with Crippen LogP contribution in [0.4, 0.5) is 19.3 Å². The predicted molar refractivity (Wildman–Crippen MR) is 94.1 cm³/mol. The van der Waals surface area contributed by atoms with Crippen molar-refractivity contribution in [3.63, 3.8) is 0 Å². The molecule has 3 rings (SSSR count). The average Bonchev–Trinajstić information content (AvgIpc) is 2.64. The first kappa shape index (κ1) is 16.6. The Bertz CT molecular complexity index is 865. The fourth-order valence-electron chi connectivity index (χ4n) is 2.38. The van der Waals surface area contributed by atoms with Gasteiger partial charge in [-0.15, -0.1) is 0 Å². The first-order valence-corrected chi connectivity index (χ1v) is 7.76. The zero-order chi connectivity index (χ0) is 17.6. The van der Waals surface area contributed by atoms with Crippen LogP contribution in [0.3, 0.4) is 0 Å². The summed E-state index contributed by atoms with van der Waals surface area (Å²) in [7, 11) is 0. The molecule has 2 N–H and O–H groups in total. The molecule has 2 amide bonds. The molecule has 0 saturated heterocycles. The average molecular weight is 338 g/mol. The largest absolute Gasteiger partial charge is 0.334 e. The van der Waals surface area contributed by atoms with E-state index in [1.54, 1.807) is 12.1 Å². The molecule has 0 bridgehead atoms. The topological polar surface area (TPSA) is 41.1 Å². The summed E-state index contributed by atoms with van der Waals surface area (Å²) in [6, 6.07) is 20.5. The highest BCUT2D eigenvalue weighted by atomic mass is 19.2. The number of anilines is 1. The van der Waals surface area contributed by atoms with E-state index in [2.05, 4.69) is 10.6 Å². The second-order valence-corrected chi connectivity index (χ2v) is 5.50. The molecule has 0 aliphatic heterocycles. The van der Waals surface area contributed by atoms with Crippen LogP contribution in [0.25, 0.3) is 11.1 Å². The molecule has 3 aromatic rings. The lowest BCUT2D eigenvalue weighted by atomic mass is 10.1. The molecule has 0 fully saturated rings. The molecule has 0 aliphatic carbocycles. The van der Waals surface area contributed by atoms with E-state index < -0.39 is 17.7 Å². The number of hydrogen-bond acceptors (Lipinski definition) is 1. The Hall–Kier alpha value is -3.21. The highest BCUT2D eigenvalue weighted by Crippen LogP contribution is 2.20. The van der Waals surface area contributed by atoms with E-state index in [0.29, 0.717) is 11.3 Å². The number of carbonyl (C=O) groups excluding carboxylic acids is 1.